The zero-order chi connectivity index (χ0) is 14.2. The standard InChI is InChI=1S/C16H15BrCl2/c1-9-5-4-6-12(15(9)18)16(19)13-7-11(3)14(17)8-10(13)2/h4-8,16H,1-3H3. The Morgan fingerprint density at radius 2 is 1.63 bits per heavy atom. The van der Waals surface area contributed by atoms with Crippen LogP contribution in [0.1, 0.15) is 33.2 Å². The number of hydrogen-bond acceptors (Lipinski definition) is 0. The highest BCUT2D eigenvalue weighted by Gasteiger charge is 2.18. The maximum absolute atomic E-state index is 6.64. The largest absolute Gasteiger partial charge is 0.113 e. The first-order chi connectivity index (χ1) is 8.91. The van der Waals surface area contributed by atoms with Crippen molar-refractivity contribution in [2.45, 2.75) is 26.1 Å². The Morgan fingerprint density at radius 3 is 2.32 bits per heavy atom. The Balaban J connectivity index is 2.53. The van der Waals surface area contributed by atoms with Gasteiger partial charge in [-0.25, -0.2) is 0 Å². The van der Waals surface area contributed by atoms with Crippen molar-refractivity contribution in [2.75, 3.05) is 0 Å². The Kier molecular flexibility index (Phi) is 4.60. The molecule has 0 N–H and O–H groups in total. The van der Waals surface area contributed by atoms with E-state index in [0.717, 1.165) is 31.7 Å². The highest BCUT2D eigenvalue weighted by Crippen LogP contribution is 2.37. The van der Waals surface area contributed by atoms with E-state index < -0.39 is 0 Å². The van der Waals surface area contributed by atoms with E-state index in [1.54, 1.807) is 0 Å². The number of alkyl halides is 1. The summed E-state index contributed by atoms with van der Waals surface area (Å²) in [4.78, 5) is 0. The first-order valence-electron chi connectivity index (χ1n) is 6.07. The maximum Gasteiger partial charge on any atom is 0.0852 e. The second kappa shape index (κ2) is 5.87. The SMILES string of the molecule is Cc1cc(C(Cl)c2cccc(C)c2Cl)c(C)cc1Br. The lowest BCUT2D eigenvalue weighted by molar-refractivity contribution is 1.09. The van der Waals surface area contributed by atoms with Crippen LogP contribution in [0.2, 0.25) is 5.02 Å². The van der Waals surface area contributed by atoms with Gasteiger partial charge in [0.1, 0.15) is 0 Å². The lowest BCUT2D eigenvalue weighted by Crippen LogP contribution is -1.99. The van der Waals surface area contributed by atoms with Crippen LogP contribution in [0.15, 0.2) is 34.8 Å². The summed E-state index contributed by atoms with van der Waals surface area (Å²) < 4.78 is 1.10. The van der Waals surface area contributed by atoms with Gasteiger partial charge in [-0.2, -0.15) is 0 Å². The Morgan fingerprint density at radius 1 is 0.947 bits per heavy atom. The molecular formula is C16H15BrCl2. The van der Waals surface area contributed by atoms with Crippen LogP contribution in [0.5, 0.6) is 0 Å². The summed E-state index contributed by atoms with van der Waals surface area (Å²) in [5, 5.41) is 0.529. The molecule has 1 unspecified atom stereocenters. The number of aryl methyl sites for hydroxylation is 3. The van der Waals surface area contributed by atoms with E-state index >= 15 is 0 Å². The van der Waals surface area contributed by atoms with E-state index in [9.17, 15) is 0 Å². The minimum absolute atomic E-state index is 0.223. The van der Waals surface area contributed by atoms with E-state index in [-0.39, 0.29) is 5.38 Å². The first kappa shape index (κ1) is 14.9. The second-order valence-corrected chi connectivity index (χ2v) is 6.47. The topological polar surface area (TPSA) is 0 Å². The van der Waals surface area contributed by atoms with Crippen molar-refractivity contribution in [3.63, 3.8) is 0 Å². The van der Waals surface area contributed by atoms with Gasteiger partial charge in [0.15, 0.2) is 0 Å². The molecule has 0 saturated heterocycles. The lowest BCUT2D eigenvalue weighted by atomic mass is 9.97. The summed E-state index contributed by atoms with van der Waals surface area (Å²) in [6.45, 7) is 6.13. The van der Waals surface area contributed by atoms with Gasteiger partial charge in [0.25, 0.3) is 0 Å². The van der Waals surface area contributed by atoms with E-state index in [2.05, 4.69) is 41.9 Å². The molecule has 2 aromatic carbocycles. The molecule has 0 spiro atoms. The molecule has 0 bridgehead atoms. The van der Waals surface area contributed by atoms with Gasteiger partial charge in [0, 0.05) is 9.50 Å². The van der Waals surface area contributed by atoms with Gasteiger partial charge in [-0.1, -0.05) is 51.8 Å². The summed E-state index contributed by atoms with van der Waals surface area (Å²) >= 11 is 16.5. The van der Waals surface area contributed by atoms with E-state index in [1.807, 2.05) is 25.1 Å². The zero-order valence-corrected chi connectivity index (χ0v) is 14.2. The third kappa shape index (κ3) is 2.99. The maximum atomic E-state index is 6.64. The highest BCUT2D eigenvalue weighted by molar-refractivity contribution is 9.10. The minimum atomic E-state index is -0.223. The van der Waals surface area contributed by atoms with Crippen LogP contribution in [0.25, 0.3) is 0 Å². The predicted molar refractivity (Wildman–Crippen MR) is 87.5 cm³/mol. The zero-order valence-electron chi connectivity index (χ0n) is 11.1. The molecule has 0 radical (unpaired) electrons. The van der Waals surface area contributed by atoms with Crippen molar-refractivity contribution in [1.82, 2.24) is 0 Å². The van der Waals surface area contributed by atoms with Gasteiger partial charge in [-0.05, 0) is 54.7 Å². The molecule has 0 aromatic heterocycles. The average Bonchev–Trinajstić information content (AvgIpc) is 2.36. The van der Waals surface area contributed by atoms with E-state index in [4.69, 9.17) is 23.2 Å². The molecule has 3 heteroatoms. The van der Waals surface area contributed by atoms with Crippen molar-refractivity contribution < 1.29 is 0 Å². The molecule has 0 aliphatic carbocycles. The molecule has 0 fully saturated rings. The Labute approximate surface area is 132 Å². The monoisotopic (exact) mass is 356 g/mol. The minimum Gasteiger partial charge on any atom is -0.113 e. The molecule has 19 heavy (non-hydrogen) atoms. The number of halogens is 3. The van der Waals surface area contributed by atoms with E-state index in [0.29, 0.717) is 0 Å². The predicted octanol–water partition coefficient (Wildman–Crippen LogP) is 6.36. The van der Waals surface area contributed by atoms with E-state index in [1.165, 1.54) is 5.56 Å². The van der Waals surface area contributed by atoms with Gasteiger partial charge in [-0.3, -0.25) is 0 Å². The van der Waals surface area contributed by atoms with Crippen LogP contribution in [-0.4, -0.2) is 0 Å². The molecule has 0 aliphatic heterocycles. The fourth-order valence-corrected chi connectivity index (χ4v) is 3.28. The van der Waals surface area contributed by atoms with Crippen LogP contribution in [0.4, 0.5) is 0 Å². The van der Waals surface area contributed by atoms with Crippen LogP contribution in [0, 0.1) is 20.8 Å². The van der Waals surface area contributed by atoms with Gasteiger partial charge < -0.3 is 0 Å². The third-order valence-electron chi connectivity index (χ3n) is 3.32. The lowest BCUT2D eigenvalue weighted by Gasteiger charge is -2.17. The quantitative estimate of drug-likeness (QED) is 0.549. The molecule has 0 amide bonds. The molecule has 0 saturated carbocycles. The van der Waals surface area contributed by atoms with Crippen molar-refractivity contribution in [3.8, 4) is 0 Å². The summed E-state index contributed by atoms with van der Waals surface area (Å²) in [7, 11) is 0. The molecular weight excluding hydrogens is 343 g/mol. The average molecular weight is 358 g/mol. The Hall–Kier alpha value is -0.500. The van der Waals surface area contributed by atoms with Crippen LogP contribution >= 0.6 is 39.1 Å². The van der Waals surface area contributed by atoms with Crippen molar-refractivity contribution in [3.05, 3.63) is 67.6 Å². The molecule has 0 nitrogen and oxygen atoms in total. The summed E-state index contributed by atoms with van der Waals surface area (Å²) in [6, 6.07) is 10.2. The summed E-state index contributed by atoms with van der Waals surface area (Å²) in [5.41, 5.74) is 5.46. The van der Waals surface area contributed by atoms with Crippen LogP contribution < -0.4 is 0 Å². The van der Waals surface area contributed by atoms with Gasteiger partial charge in [-0.15, -0.1) is 11.6 Å². The van der Waals surface area contributed by atoms with Gasteiger partial charge >= 0.3 is 0 Å². The fraction of sp³-hybridized carbons (Fsp3) is 0.250. The highest BCUT2D eigenvalue weighted by atomic mass is 79.9. The van der Waals surface area contributed by atoms with Gasteiger partial charge in [0.2, 0.25) is 0 Å². The van der Waals surface area contributed by atoms with Gasteiger partial charge in [0.05, 0.1) is 5.38 Å². The fourth-order valence-electron chi connectivity index (χ4n) is 2.11. The summed E-state index contributed by atoms with van der Waals surface area (Å²) in [5.74, 6) is 0. The molecule has 2 rings (SSSR count). The van der Waals surface area contributed by atoms with Crippen LogP contribution in [-0.2, 0) is 0 Å². The number of rotatable bonds is 2. The molecule has 0 heterocycles. The normalized spacial score (nSPS) is 12.5. The van der Waals surface area contributed by atoms with Crippen molar-refractivity contribution >= 4 is 39.1 Å². The Bertz CT molecular complexity index is 620. The molecule has 100 valence electrons. The number of hydrogen-bond donors (Lipinski definition) is 0. The summed E-state index contributed by atoms with van der Waals surface area (Å²) in [6.07, 6.45) is 0. The van der Waals surface area contributed by atoms with Crippen molar-refractivity contribution in [2.24, 2.45) is 0 Å². The first-order valence-corrected chi connectivity index (χ1v) is 7.68. The second-order valence-electron chi connectivity index (χ2n) is 4.80. The number of benzene rings is 2. The molecule has 0 aliphatic rings. The third-order valence-corrected chi connectivity index (χ3v) is 5.16. The smallest absolute Gasteiger partial charge is 0.0852 e. The molecule has 2 aromatic rings. The van der Waals surface area contributed by atoms with Crippen molar-refractivity contribution in [1.29, 1.82) is 0 Å². The van der Waals surface area contributed by atoms with Crippen LogP contribution in [0.3, 0.4) is 0 Å². The molecule has 1 atom stereocenters.